The van der Waals surface area contributed by atoms with E-state index in [1.165, 1.54) is 6.07 Å². The van der Waals surface area contributed by atoms with E-state index in [0.29, 0.717) is 17.4 Å². The van der Waals surface area contributed by atoms with Gasteiger partial charge in [-0.05, 0) is 12.1 Å². The third-order valence-corrected chi connectivity index (χ3v) is 2.41. The van der Waals surface area contributed by atoms with E-state index >= 15 is 0 Å². The van der Waals surface area contributed by atoms with E-state index in [1.807, 2.05) is 0 Å². The van der Waals surface area contributed by atoms with Gasteiger partial charge in [0.25, 0.3) is 0 Å². The summed E-state index contributed by atoms with van der Waals surface area (Å²) in [5, 5.41) is 10.1. The van der Waals surface area contributed by atoms with Gasteiger partial charge in [0.2, 0.25) is 0 Å². The van der Waals surface area contributed by atoms with Crippen molar-refractivity contribution in [1.82, 2.24) is 4.57 Å². The van der Waals surface area contributed by atoms with E-state index in [9.17, 15) is 9.50 Å². The summed E-state index contributed by atoms with van der Waals surface area (Å²) in [4.78, 5) is 0. The molecule has 74 valence electrons. The molecule has 0 saturated carbocycles. The zero-order valence-electron chi connectivity index (χ0n) is 7.79. The van der Waals surface area contributed by atoms with Crippen LogP contribution in [0, 0.1) is 5.82 Å². The largest absolute Gasteiger partial charge is 0.507 e. The number of hydrogen-bond donors (Lipinski definition) is 2. The minimum atomic E-state index is -0.445. The molecule has 2 aromatic rings. The number of phenols is 1. The van der Waals surface area contributed by atoms with Crippen LogP contribution in [-0.4, -0.2) is 9.67 Å². The van der Waals surface area contributed by atoms with Crippen molar-refractivity contribution in [3.63, 3.8) is 0 Å². The summed E-state index contributed by atoms with van der Waals surface area (Å²) in [6, 6.07) is 4.25. The lowest BCUT2D eigenvalue weighted by Crippen LogP contribution is -2.02. The van der Waals surface area contributed by atoms with Crippen molar-refractivity contribution in [2.24, 2.45) is 12.8 Å². The summed E-state index contributed by atoms with van der Waals surface area (Å²) in [5.74, 6) is -0.491. The first-order valence-electron chi connectivity index (χ1n) is 4.30. The van der Waals surface area contributed by atoms with Gasteiger partial charge in [-0.2, -0.15) is 0 Å². The maximum absolute atomic E-state index is 13.0. The van der Waals surface area contributed by atoms with Crippen molar-refractivity contribution in [3.8, 4) is 5.75 Å². The van der Waals surface area contributed by atoms with Crippen LogP contribution in [0.1, 0.15) is 5.69 Å². The molecule has 0 aliphatic rings. The van der Waals surface area contributed by atoms with Gasteiger partial charge >= 0.3 is 0 Å². The fourth-order valence-electron chi connectivity index (χ4n) is 1.63. The van der Waals surface area contributed by atoms with Crippen LogP contribution in [0.15, 0.2) is 18.2 Å². The number of nitrogens with zero attached hydrogens (tertiary/aromatic N) is 1. The predicted octanol–water partition coefficient (Wildman–Crippen LogP) is 1.48. The molecule has 1 aromatic heterocycles. The van der Waals surface area contributed by atoms with Gasteiger partial charge in [-0.15, -0.1) is 0 Å². The van der Waals surface area contributed by atoms with Crippen LogP contribution in [0.2, 0.25) is 0 Å². The highest BCUT2D eigenvalue weighted by Crippen LogP contribution is 2.28. The van der Waals surface area contributed by atoms with Crippen molar-refractivity contribution >= 4 is 10.9 Å². The second-order valence-corrected chi connectivity index (χ2v) is 3.26. The molecular formula is C10H11FN2O. The smallest absolute Gasteiger partial charge is 0.129 e. The molecule has 4 heteroatoms. The quantitative estimate of drug-likeness (QED) is 0.722. The predicted molar refractivity (Wildman–Crippen MR) is 52.4 cm³/mol. The fraction of sp³-hybridized carbons (Fsp3) is 0.200. The van der Waals surface area contributed by atoms with Gasteiger partial charge in [0.1, 0.15) is 11.6 Å². The summed E-state index contributed by atoms with van der Waals surface area (Å²) >= 11 is 0. The van der Waals surface area contributed by atoms with Crippen LogP contribution >= 0.6 is 0 Å². The van der Waals surface area contributed by atoms with E-state index < -0.39 is 5.82 Å². The molecule has 0 aliphatic heterocycles. The molecule has 3 N–H and O–H groups in total. The lowest BCUT2D eigenvalue weighted by Gasteiger charge is -2.01. The van der Waals surface area contributed by atoms with Crippen LogP contribution in [0.25, 0.3) is 10.9 Å². The van der Waals surface area contributed by atoms with Gasteiger partial charge in [-0.1, -0.05) is 0 Å². The second-order valence-electron chi connectivity index (χ2n) is 3.26. The normalized spacial score (nSPS) is 11.1. The highest BCUT2D eigenvalue weighted by atomic mass is 19.1. The Balaban J connectivity index is 2.85. The second kappa shape index (κ2) is 2.99. The number of aryl methyl sites for hydroxylation is 1. The highest BCUT2D eigenvalue weighted by Gasteiger charge is 2.09. The lowest BCUT2D eigenvalue weighted by molar-refractivity contribution is 0.476. The van der Waals surface area contributed by atoms with Crippen molar-refractivity contribution in [3.05, 3.63) is 29.7 Å². The van der Waals surface area contributed by atoms with Crippen molar-refractivity contribution in [1.29, 1.82) is 0 Å². The van der Waals surface area contributed by atoms with E-state index in [4.69, 9.17) is 5.73 Å². The molecule has 0 unspecified atom stereocenters. The topological polar surface area (TPSA) is 51.2 Å². The Morgan fingerprint density at radius 1 is 1.43 bits per heavy atom. The molecular weight excluding hydrogens is 183 g/mol. The summed E-state index contributed by atoms with van der Waals surface area (Å²) in [5.41, 5.74) is 7.02. The number of nitrogens with two attached hydrogens (primary N) is 1. The molecule has 14 heavy (non-hydrogen) atoms. The molecule has 1 heterocycles. The summed E-state index contributed by atoms with van der Waals surface area (Å²) in [6.45, 7) is 0.367. The molecule has 0 radical (unpaired) electrons. The van der Waals surface area contributed by atoms with Crippen LogP contribution in [-0.2, 0) is 13.6 Å². The Morgan fingerprint density at radius 2 is 2.14 bits per heavy atom. The third-order valence-electron chi connectivity index (χ3n) is 2.41. The molecule has 1 aromatic carbocycles. The van der Waals surface area contributed by atoms with Gasteiger partial charge in [0.15, 0.2) is 0 Å². The number of halogens is 1. The van der Waals surface area contributed by atoms with E-state index in [0.717, 1.165) is 11.8 Å². The number of aromatic nitrogens is 1. The van der Waals surface area contributed by atoms with Crippen LogP contribution in [0.4, 0.5) is 4.39 Å². The zero-order chi connectivity index (χ0) is 10.3. The number of hydrogen-bond acceptors (Lipinski definition) is 2. The van der Waals surface area contributed by atoms with Crippen LogP contribution in [0.5, 0.6) is 5.75 Å². The van der Waals surface area contributed by atoms with Gasteiger partial charge in [0.05, 0.1) is 5.52 Å². The Hall–Kier alpha value is -1.55. The molecule has 0 saturated heterocycles. The molecule has 0 bridgehead atoms. The summed E-state index contributed by atoms with van der Waals surface area (Å²) < 4.78 is 14.8. The Bertz CT molecular complexity index is 490. The lowest BCUT2D eigenvalue weighted by atomic mass is 10.2. The summed E-state index contributed by atoms with van der Waals surface area (Å²) in [6.07, 6.45) is 0. The van der Waals surface area contributed by atoms with E-state index in [-0.39, 0.29) is 5.75 Å². The Labute approximate surface area is 80.6 Å². The molecule has 0 spiro atoms. The van der Waals surface area contributed by atoms with Crippen molar-refractivity contribution < 1.29 is 9.50 Å². The number of fused-ring (bicyclic) bond motifs is 1. The molecule has 0 aliphatic carbocycles. The number of rotatable bonds is 1. The first kappa shape index (κ1) is 9.02. The maximum Gasteiger partial charge on any atom is 0.129 e. The molecule has 3 nitrogen and oxygen atoms in total. The van der Waals surface area contributed by atoms with E-state index in [2.05, 4.69) is 0 Å². The van der Waals surface area contributed by atoms with E-state index in [1.54, 1.807) is 17.7 Å². The average Bonchev–Trinajstić information content (AvgIpc) is 2.44. The molecule has 0 amide bonds. The van der Waals surface area contributed by atoms with Crippen LogP contribution in [0.3, 0.4) is 0 Å². The standard InChI is InChI=1S/C10H11FN2O/c1-13-7(5-12)4-8-9(13)2-6(11)3-10(8)14/h2-4,14H,5,12H2,1H3. The molecule has 0 atom stereocenters. The van der Waals surface area contributed by atoms with Crippen molar-refractivity contribution in [2.75, 3.05) is 0 Å². The van der Waals surface area contributed by atoms with Crippen molar-refractivity contribution in [2.45, 2.75) is 6.54 Å². The Kier molecular flexibility index (Phi) is 1.93. The molecule has 0 fully saturated rings. The number of phenolic OH excluding ortho intramolecular Hbond substituents is 1. The van der Waals surface area contributed by atoms with Gasteiger partial charge in [0, 0.05) is 30.7 Å². The summed E-state index contributed by atoms with van der Waals surface area (Å²) in [7, 11) is 1.80. The van der Waals surface area contributed by atoms with Gasteiger partial charge in [-0.25, -0.2) is 4.39 Å². The SMILES string of the molecule is Cn1c(CN)cc2c(O)cc(F)cc21. The van der Waals surface area contributed by atoms with Gasteiger partial charge in [-0.3, -0.25) is 0 Å². The minimum absolute atomic E-state index is 0.0460. The zero-order valence-corrected chi connectivity index (χ0v) is 7.79. The first-order valence-corrected chi connectivity index (χ1v) is 4.30. The number of benzene rings is 1. The average molecular weight is 194 g/mol. The highest BCUT2D eigenvalue weighted by molar-refractivity contribution is 5.87. The van der Waals surface area contributed by atoms with Gasteiger partial charge < -0.3 is 15.4 Å². The molecule has 2 rings (SSSR count). The minimum Gasteiger partial charge on any atom is -0.507 e. The number of aromatic hydroxyl groups is 1. The van der Waals surface area contributed by atoms with Crippen LogP contribution < -0.4 is 5.73 Å². The first-order chi connectivity index (χ1) is 6.63. The maximum atomic E-state index is 13.0. The monoisotopic (exact) mass is 194 g/mol. The third kappa shape index (κ3) is 1.15. The Morgan fingerprint density at radius 3 is 2.79 bits per heavy atom. The fourth-order valence-corrected chi connectivity index (χ4v) is 1.63.